The molecule has 7 nitrogen and oxygen atoms in total. The van der Waals surface area contributed by atoms with Crippen molar-refractivity contribution in [2.45, 2.75) is 31.6 Å². The molecule has 1 fully saturated rings. The van der Waals surface area contributed by atoms with E-state index in [9.17, 15) is 13.6 Å². The second-order valence-corrected chi connectivity index (χ2v) is 4.76. The summed E-state index contributed by atoms with van der Waals surface area (Å²) in [5, 5.41) is 20.1. The normalized spacial score (nSPS) is 19.8. The fourth-order valence-corrected chi connectivity index (χ4v) is 2.16. The maximum atomic E-state index is 13.0. The minimum atomic E-state index is -2.68. The lowest BCUT2D eigenvalue weighted by atomic mass is 9.86. The lowest BCUT2D eigenvalue weighted by molar-refractivity contribution is -0.124. The van der Waals surface area contributed by atoms with Crippen LogP contribution in [0.15, 0.2) is 11.4 Å². The molecular formula is C11H15F2N5O2. The van der Waals surface area contributed by atoms with Crippen molar-refractivity contribution < 1.29 is 18.8 Å². The van der Waals surface area contributed by atoms with Gasteiger partial charge < -0.3 is 16.3 Å². The lowest BCUT2D eigenvalue weighted by Crippen LogP contribution is -2.32. The number of carbonyl (C=O) groups excluding carboxylic acids is 1. The number of hydrogen-bond donors (Lipinski definition) is 4. The minimum absolute atomic E-state index is 0.131. The van der Waals surface area contributed by atoms with Crippen molar-refractivity contribution in [3.8, 4) is 0 Å². The molecule has 9 heteroatoms. The number of nitrogens with two attached hydrogens (primary N) is 1. The number of nitrogens with zero attached hydrogens (tertiary/aromatic N) is 2. The average molecular weight is 287 g/mol. The Labute approximate surface area is 113 Å². The van der Waals surface area contributed by atoms with E-state index in [1.807, 2.05) is 0 Å². The number of amides is 1. The number of aromatic nitrogens is 2. The van der Waals surface area contributed by atoms with Crippen LogP contribution in [0.25, 0.3) is 0 Å². The van der Waals surface area contributed by atoms with Crippen LogP contribution < -0.4 is 11.1 Å². The first-order valence-corrected chi connectivity index (χ1v) is 6.13. The van der Waals surface area contributed by atoms with E-state index in [0.717, 1.165) is 0 Å². The van der Waals surface area contributed by atoms with Gasteiger partial charge in [-0.1, -0.05) is 5.16 Å². The SMILES string of the molecule is NC(=NO)c1cn[nH]c1NC(=O)C1CCC(F)(F)CC1. The number of anilines is 1. The van der Waals surface area contributed by atoms with Crippen LogP contribution in [0.2, 0.25) is 0 Å². The van der Waals surface area contributed by atoms with Gasteiger partial charge in [0, 0.05) is 18.8 Å². The van der Waals surface area contributed by atoms with Crippen molar-refractivity contribution in [3.63, 3.8) is 0 Å². The fourth-order valence-electron chi connectivity index (χ4n) is 2.16. The highest BCUT2D eigenvalue weighted by Crippen LogP contribution is 2.36. The number of amidine groups is 1. The standard InChI is InChI=1S/C11H15F2N5O2/c12-11(13)3-1-6(2-4-11)10(19)16-9-7(5-15-17-9)8(14)18-20/h5-6,20H,1-4H2,(H2,14,18)(H2,15,16,17,19). The number of oxime groups is 1. The van der Waals surface area contributed by atoms with Crippen LogP contribution in [0, 0.1) is 5.92 Å². The second kappa shape index (κ2) is 5.43. The molecule has 0 unspecified atom stereocenters. The van der Waals surface area contributed by atoms with E-state index in [0.29, 0.717) is 0 Å². The van der Waals surface area contributed by atoms with Crippen LogP contribution in [0.3, 0.4) is 0 Å². The Morgan fingerprint density at radius 1 is 1.55 bits per heavy atom. The molecule has 1 aliphatic carbocycles. The highest BCUT2D eigenvalue weighted by molar-refractivity contribution is 6.04. The summed E-state index contributed by atoms with van der Waals surface area (Å²) in [7, 11) is 0. The monoisotopic (exact) mass is 287 g/mol. The first kappa shape index (κ1) is 14.2. The summed E-state index contributed by atoms with van der Waals surface area (Å²) in [5.74, 6) is -3.55. The number of alkyl halides is 2. The van der Waals surface area contributed by atoms with Crippen molar-refractivity contribution in [3.05, 3.63) is 11.8 Å². The van der Waals surface area contributed by atoms with Crippen LogP contribution in [0.1, 0.15) is 31.2 Å². The predicted molar refractivity (Wildman–Crippen MR) is 66.6 cm³/mol. The predicted octanol–water partition coefficient (Wildman–Crippen LogP) is 1.27. The zero-order valence-electron chi connectivity index (χ0n) is 10.6. The molecule has 0 aromatic carbocycles. The molecule has 20 heavy (non-hydrogen) atoms. The van der Waals surface area contributed by atoms with E-state index < -0.39 is 11.8 Å². The zero-order valence-corrected chi connectivity index (χ0v) is 10.6. The Balaban J connectivity index is 2.01. The number of nitrogens with one attached hydrogen (secondary N) is 2. The van der Waals surface area contributed by atoms with E-state index in [4.69, 9.17) is 10.9 Å². The molecule has 0 radical (unpaired) electrons. The third-order valence-electron chi connectivity index (χ3n) is 3.36. The summed E-state index contributed by atoms with van der Waals surface area (Å²) >= 11 is 0. The van der Waals surface area contributed by atoms with Crippen LogP contribution in [0.5, 0.6) is 0 Å². The molecular weight excluding hydrogens is 272 g/mol. The van der Waals surface area contributed by atoms with Gasteiger partial charge in [-0.25, -0.2) is 8.78 Å². The molecule has 2 rings (SSSR count). The molecule has 0 spiro atoms. The molecule has 110 valence electrons. The number of aromatic amines is 1. The Morgan fingerprint density at radius 2 is 2.20 bits per heavy atom. The Hall–Kier alpha value is -2.19. The van der Waals surface area contributed by atoms with Crippen LogP contribution in [-0.2, 0) is 4.79 Å². The molecule has 1 heterocycles. The Kier molecular flexibility index (Phi) is 3.86. The van der Waals surface area contributed by atoms with Gasteiger partial charge in [0.2, 0.25) is 11.8 Å². The number of hydrogen-bond acceptors (Lipinski definition) is 4. The van der Waals surface area contributed by atoms with E-state index in [-0.39, 0.29) is 48.8 Å². The van der Waals surface area contributed by atoms with Gasteiger partial charge in [-0.05, 0) is 12.8 Å². The average Bonchev–Trinajstić information content (AvgIpc) is 2.85. The fraction of sp³-hybridized carbons (Fsp3) is 0.545. The lowest BCUT2D eigenvalue weighted by Gasteiger charge is -2.27. The van der Waals surface area contributed by atoms with Crippen molar-refractivity contribution in [1.29, 1.82) is 0 Å². The molecule has 1 aromatic heterocycles. The largest absolute Gasteiger partial charge is 0.409 e. The van der Waals surface area contributed by atoms with Crippen molar-refractivity contribution in [1.82, 2.24) is 10.2 Å². The van der Waals surface area contributed by atoms with Gasteiger partial charge in [0.05, 0.1) is 11.8 Å². The first-order valence-electron chi connectivity index (χ1n) is 6.13. The molecule has 1 amide bonds. The number of H-pyrrole nitrogens is 1. The molecule has 5 N–H and O–H groups in total. The summed E-state index contributed by atoms with van der Waals surface area (Å²) in [6, 6.07) is 0. The molecule has 1 aromatic rings. The Morgan fingerprint density at radius 3 is 2.80 bits per heavy atom. The van der Waals surface area contributed by atoms with Gasteiger partial charge >= 0.3 is 0 Å². The second-order valence-electron chi connectivity index (χ2n) is 4.76. The summed E-state index contributed by atoms with van der Waals surface area (Å²) in [6.07, 6.45) is 0.972. The third kappa shape index (κ3) is 3.03. The Bertz CT molecular complexity index is 519. The molecule has 1 aliphatic rings. The molecule has 1 saturated carbocycles. The number of halogens is 2. The maximum absolute atomic E-state index is 13.0. The van der Waals surface area contributed by atoms with Gasteiger partial charge in [-0.15, -0.1) is 0 Å². The first-order chi connectivity index (χ1) is 9.43. The van der Waals surface area contributed by atoms with Crippen molar-refractivity contribution in [2.24, 2.45) is 16.8 Å². The highest BCUT2D eigenvalue weighted by atomic mass is 19.3. The summed E-state index contributed by atoms with van der Waals surface area (Å²) in [4.78, 5) is 12.0. The molecule has 0 bridgehead atoms. The van der Waals surface area contributed by atoms with Gasteiger partial charge in [0.25, 0.3) is 0 Å². The van der Waals surface area contributed by atoms with E-state index in [2.05, 4.69) is 20.7 Å². The highest BCUT2D eigenvalue weighted by Gasteiger charge is 2.37. The van der Waals surface area contributed by atoms with Crippen molar-refractivity contribution in [2.75, 3.05) is 5.32 Å². The van der Waals surface area contributed by atoms with Crippen LogP contribution >= 0.6 is 0 Å². The number of rotatable bonds is 3. The smallest absolute Gasteiger partial charge is 0.248 e. The topological polar surface area (TPSA) is 116 Å². The summed E-state index contributed by atoms with van der Waals surface area (Å²) < 4.78 is 26.1. The van der Waals surface area contributed by atoms with Crippen molar-refractivity contribution >= 4 is 17.6 Å². The van der Waals surface area contributed by atoms with E-state index >= 15 is 0 Å². The molecule has 0 atom stereocenters. The quantitative estimate of drug-likeness (QED) is 0.290. The maximum Gasteiger partial charge on any atom is 0.248 e. The van der Waals surface area contributed by atoms with Gasteiger partial charge in [-0.3, -0.25) is 9.89 Å². The van der Waals surface area contributed by atoms with Crippen LogP contribution in [0.4, 0.5) is 14.6 Å². The number of carbonyl (C=O) groups is 1. The van der Waals surface area contributed by atoms with E-state index in [1.54, 1.807) is 0 Å². The van der Waals surface area contributed by atoms with E-state index in [1.165, 1.54) is 6.20 Å². The third-order valence-corrected chi connectivity index (χ3v) is 3.36. The minimum Gasteiger partial charge on any atom is -0.409 e. The van der Waals surface area contributed by atoms with Gasteiger partial charge in [-0.2, -0.15) is 5.10 Å². The summed E-state index contributed by atoms with van der Waals surface area (Å²) in [6.45, 7) is 0. The zero-order chi connectivity index (χ0) is 14.8. The molecule has 0 aliphatic heterocycles. The van der Waals surface area contributed by atoms with Gasteiger partial charge in [0.1, 0.15) is 5.82 Å². The molecule has 0 saturated heterocycles. The van der Waals surface area contributed by atoms with Gasteiger partial charge in [0.15, 0.2) is 5.84 Å². The summed E-state index contributed by atoms with van der Waals surface area (Å²) in [5.41, 5.74) is 5.66. The van der Waals surface area contributed by atoms with Crippen LogP contribution in [-0.4, -0.2) is 33.1 Å².